The van der Waals surface area contributed by atoms with Crippen LogP contribution in [0.1, 0.15) is 32.6 Å². The average Bonchev–Trinajstić information content (AvgIpc) is 2.27. The van der Waals surface area contributed by atoms with E-state index in [-0.39, 0.29) is 10.6 Å². The quantitative estimate of drug-likeness (QED) is 0.824. The Morgan fingerprint density at radius 3 is 2.61 bits per heavy atom. The van der Waals surface area contributed by atoms with E-state index >= 15 is 0 Å². The second-order valence-corrected chi connectivity index (χ2v) is 6.43. The third kappa shape index (κ3) is 2.35. The summed E-state index contributed by atoms with van der Waals surface area (Å²) < 4.78 is 40.5. The minimum atomic E-state index is -3.85. The molecule has 1 fully saturated rings. The lowest BCUT2D eigenvalue weighted by Gasteiger charge is -2.41. The molecule has 2 rings (SSSR count). The van der Waals surface area contributed by atoms with E-state index in [1.165, 1.54) is 6.07 Å². The Balaban J connectivity index is 2.33. The van der Waals surface area contributed by atoms with Gasteiger partial charge < -0.3 is 5.73 Å². The molecule has 1 aliphatic carbocycles. The van der Waals surface area contributed by atoms with Crippen LogP contribution in [0.15, 0.2) is 23.1 Å². The van der Waals surface area contributed by atoms with Gasteiger partial charge in [0.05, 0.1) is 0 Å². The van der Waals surface area contributed by atoms with Crippen molar-refractivity contribution in [1.29, 1.82) is 0 Å². The van der Waals surface area contributed by atoms with Gasteiger partial charge in [0.25, 0.3) is 0 Å². The summed E-state index contributed by atoms with van der Waals surface area (Å²) >= 11 is 0. The van der Waals surface area contributed by atoms with Gasteiger partial charge in [-0.15, -0.1) is 0 Å². The fraction of sp³-hybridized carbons (Fsp3) is 0.500. The molecule has 0 saturated heterocycles. The van der Waals surface area contributed by atoms with E-state index in [4.69, 9.17) is 5.73 Å². The number of nitrogen functional groups attached to an aromatic ring is 1. The van der Waals surface area contributed by atoms with Crippen molar-refractivity contribution in [1.82, 2.24) is 4.72 Å². The number of sulfonamides is 1. The molecule has 6 heteroatoms. The van der Waals surface area contributed by atoms with Crippen LogP contribution in [0.2, 0.25) is 0 Å². The van der Waals surface area contributed by atoms with Gasteiger partial charge in [-0.25, -0.2) is 17.5 Å². The molecule has 0 bridgehead atoms. The minimum absolute atomic E-state index is 0.232. The van der Waals surface area contributed by atoms with Crippen LogP contribution in [0, 0.1) is 5.82 Å². The molecule has 0 radical (unpaired) electrons. The maximum Gasteiger partial charge on any atom is 0.244 e. The molecule has 0 atom stereocenters. The first kappa shape index (κ1) is 13.3. The third-order valence-electron chi connectivity index (χ3n) is 3.58. The largest absolute Gasteiger partial charge is 0.399 e. The number of hydrogen-bond donors (Lipinski definition) is 2. The highest BCUT2D eigenvalue weighted by molar-refractivity contribution is 7.89. The number of halogens is 1. The van der Waals surface area contributed by atoms with E-state index in [0.29, 0.717) is 6.42 Å². The van der Waals surface area contributed by atoms with Crippen molar-refractivity contribution in [3.8, 4) is 0 Å². The molecule has 3 N–H and O–H groups in total. The Morgan fingerprint density at radius 2 is 2.11 bits per heavy atom. The average molecular weight is 272 g/mol. The van der Waals surface area contributed by atoms with Gasteiger partial charge in [0.1, 0.15) is 10.7 Å². The fourth-order valence-electron chi connectivity index (χ4n) is 2.20. The van der Waals surface area contributed by atoms with Crippen molar-refractivity contribution in [2.24, 2.45) is 0 Å². The number of rotatable bonds is 4. The van der Waals surface area contributed by atoms with Gasteiger partial charge in [-0.2, -0.15) is 0 Å². The van der Waals surface area contributed by atoms with Crippen molar-refractivity contribution in [3.05, 3.63) is 24.0 Å². The molecule has 0 heterocycles. The molecule has 0 amide bonds. The lowest BCUT2D eigenvalue weighted by atomic mass is 9.76. The molecule has 4 nitrogen and oxygen atoms in total. The maximum atomic E-state index is 13.6. The van der Waals surface area contributed by atoms with Crippen LogP contribution in [0.5, 0.6) is 0 Å². The summed E-state index contributed by atoms with van der Waals surface area (Å²) in [4.78, 5) is -0.373. The summed E-state index contributed by atoms with van der Waals surface area (Å²) in [7, 11) is -3.85. The molecule has 1 saturated carbocycles. The van der Waals surface area contributed by atoms with Gasteiger partial charge in [-0.3, -0.25) is 0 Å². The molecule has 18 heavy (non-hydrogen) atoms. The number of hydrogen-bond acceptors (Lipinski definition) is 3. The van der Waals surface area contributed by atoms with Crippen LogP contribution in [0.3, 0.4) is 0 Å². The van der Waals surface area contributed by atoms with Crippen molar-refractivity contribution >= 4 is 15.7 Å². The number of benzene rings is 1. The zero-order valence-electron chi connectivity index (χ0n) is 10.2. The Morgan fingerprint density at radius 1 is 1.44 bits per heavy atom. The highest BCUT2D eigenvalue weighted by atomic mass is 32.2. The Bertz CT molecular complexity index is 548. The Labute approximate surface area is 106 Å². The lowest BCUT2D eigenvalue weighted by molar-refractivity contribution is 0.213. The number of anilines is 1. The van der Waals surface area contributed by atoms with Gasteiger partial charge in [-0.1, -0.05) is 6.92 Å². The monoisotopic (exact) mass is 272 g/mol. The summed E-state index contributed by atoms with van der Waals surface area (Å²) in [5.74, 6) is -0.776. The van der Waals surface area contributed by atoms with Crippen molar-refractivity contribution in [2.75, 3.05) is 5.73 Å². The lowest BCUT2D eigenvalue weighted by Crippen LogP contribution is -2.52. The van der Waals surface area contributed by atoms with E-state index in [1.807, 2.05) is 6.92 Å². The molecule has 0 aromatic heterocycles. The molecule has 0 aliphatic heterocycles. The summed E-state index contributed by atoms with van der Waals surface area (Å²) in [5, 5.41) is 0. The molecule has 100 valence electrons. The second-order valence-electron chi connectivity index (χ2n) is 4.78. The predicted molar refractivity (Wildman–Crippen MR) is 68.0 cm³/mol. The molecule has 1 aromatic carbocycles. The standard InChI is InChI=1S/C12H17FN2O2S/c1-2-12(6-3-7-12)15-18(16,17)11-8-9(14)4-5-10(11)13/h4-5,8,15H,2-3,6-7,14H2,1H3. The predicted octanol–water partition coefficient (Wildman–Crippen LogP) is 2.02. The maximum absolute atomic E-state index is 13.6. The molecular formula is C12H17FN2O2S. The van der Waals surface area contributed by atoms with E-state index in [0.717, 1.165) is 31.4 Å². The fourth-order valence-corrected chi connectivity index (χ4v) is 3.84. The van der Waals surface area contributed by atoms with E-state index in [9.17, 15) is 12.8 Å². The van der Waals surface area contributed by atoms with E-state index < -0.39 is 21.4 Å². The van der Waals surface area contributed by atoms with Crippen molar-refractivity contribution in [2.45, 2.75) is 43.0 Å². The van der Waals surface area contributed by atoms with Crippen LogP contribution >= 0.6 is 0 Å². The molecule has 0 unspecified atom stereocenters. The third-order valence-corrected chi connectivity index (χ3v) is 5.18. The van der Waals surface area contributed by atoms with Gasteiger partial charge in [0.2, 0.25) is 10.0 Å². The zero-order valence-corrected chi connectivity index (χ0v) is 11.1. The van der Waals surface area contributed by atoms with Gasteiger partial charge in [0.15, 0.2) is 0 Å². The molecule has 0 spiro atoms. The highest BCUT2D eigenvalue weighted by Crippen LogP contribution is 2.36. The Hall–Kier alpha value is -1.14. The number of nitrogens with two attached hydrogens (primary N) is 1. The second kappa shape index (κ2) is 4.51. The van der Waals surface area contributed by atoms with E-state index in [2.05, 4.69) is 4.72 Å². The summed E-state index contributed by atoms with van der Waals surface area (Å²) in [6, 6.07) is 3.57. The van der Waals surface area contributed by atoms with E-state index in [1.54, 1.807) is 0 Å². The van der Waals surface area contributed by atoms with Gasteiger partial charge >= 0.3 is 0 Å². The topological polar surface area (TPSA) is 72.2 Å². The van der Waals surface area contributed by atoms with Gasteiger partial charge in [0, 0.05) is 11.2 Å². The molecular weight excluding hydrogens is 255 g/mol. The van der Waals surface area contributed by atoms with Crippen LogP contribution in [-0.4, -0.2) is 14.0 Å². The number of nitrogens with one attached hydrogen (secondary N) is 1. The van der Waals surface area contributed by atoms with Crippen molar-refractivity contribution < 1.29 is 12.8 Å². The van der Waals surface area contributed by atoms with Crippen LogP contribution in [-0.2, 0) is 10.0 Å². The summed E-state index contributed by atoms with van der Waals surface area (Å²) in [5.41, 5.74) is 5.33. The minimum Gasteiger partial charge on any atom is -0.399 e. The first-order chi connectivity index (χ1) is 8.38. The first-order valence-electron chi connectivity index (χ1n) is 5.98. The summed E-state index contributed by atoms with van der Waals surface area (Å²) in [6.07, 6.45) is 3.30. The normalized spacial score (nSPS) is 18.3. The first-order valence-corrected chi connectivity index (χ1v) is 7.46. The van der Waals surface area contributed by atoms with Gasteiger partial charge in [-0.05, 0) is 43.9 Å². The highest BCUT2D eigenvalue weighted by Gasteiger charge is 2.39. The van der Waals surface area contributed by atoms with Crippen LogP contribution in [0.4, 0.5) is 10.1 Å². The SMILES string of the molecule is CCC1(NS(=O)(=O)c2cc(N)ccc2F)CCC1. The van der Waals surface area contributed by atoms with Crippen LogP contribution in [0.25, 0.3) is 0 Å². The Kier molecular flexibility index (Phi) is 3.33. The summed E-state index contributed by atoms with van der Waals surface area (Å²) in [6.45, 7) is 1.93. The molecule has 1 aliphatic rings. The smallest absolute Gasteiger partial charge is 0.244 e. The van der Waals surface area contributed by atoms with Crippen molar-refractivity contribution in [3.63, 3.8) is 0 Å². The molecule has 1 aromatic rings. The van der Waals surface area contributed by atoms with Crippen LogP contribution < -0.4 is 10.5 Å². The zero-order chi connectivity index (χ0) is 13.4.